The third-order valence-electron chi connectivity index (χ3n) is 4.26. The summed E-state index contributed by atoms with van der Waals surface area (Å²) in [6.07, 6.45) is -3.89. The molecule has 0 saturated carbocycles. The molecule has 3 rings (SSSR count). The van der Waals surface area contributed by atoms with E-state index in [1.54, 1.807) is 24.3 Å². The molecule has 0 aliphatic heterocycles. The molecule has 140 valence electrons. The van der Waals surface area contributed by atoms with Gasteiger partial charge in [0, 0.05) is 22.8 Å². The van der Waals surface area contributed by atoms with Crippen LogP contribution >= 0.6 is 0 Å². The van der Waals surface area contributed by atoms with Crippen LogP contribution in [0, 0.1) is 13.8 Å². The maximum Gasteiger partial charge on any atom is 0.454 e. The maximum atomic E-state index is 12.9. The highest BCUT2D eigenvalue weighted by Gasteiger charge is 2.40. The van der Waals surface area contributed by atoms with Crippen LogP contribution in [0.2, 0.25) is 0 Å². The number of anilines is 1. The molecule has 0 atom stereocenters. The highest BCUT2D eigenvalue weighted by atomic mass is 19.4. The average molecular weight is 374 g/mol. The first-order valence-electron chi connectivity index (χ1n) is 8.23. The molecule has 1 N–H and O–H groups in total. The number of halogens is 3. The van der Waals surface area contributed by atoms with Gasteiger partial charge in [-0.25, -0.2) is 0 Å². The Kier molecular flexibility index (Phi) is 4.78. The van der Waals surface area contributed by atoms with Gasteiger partial charge >= 0.3 is 6.18 Å². The minimum atomic E-state index is -4.98. The van der Waals surface area contributed by atoms with Crippen molar-refractivity contribution in [2.24, 2.45) is 0 Å². The van der Waals surface area contributed by atoms with Gasteiger partial charge in [-0.2, -0.15) is 13.2 Å². The number of para-hydroxylation sites is 1. The first kappa shape index (κ1) is 18.7. The van der Waals surface area contributed by atoms with Crippen molar-refractivity contribution in [2.45, 2.75) is 26.6 Å². The lowest BCUT2D eigenvalue weighted by Gasteiger charge is -2.10. The van der Waals surface area contributed by atoms with Gasteiger partial charge in [0.15, 0.2) is 0 Å². The molecular weight excluding hydrogens is 357 g/mol. The van der Waals surface area contributed by atoms with Crippen molar-refractivity contribution in [1.82, 2.24) is 4.57 Å². The summed E-state index contributed by atoms with van der Waals surface area (Å²) in [5.74, 6) is -2.32. The van der Waals surface area contributed by atoms with E-state index < -0.39 is 23.4 Å². The highest BCUT2D eigenvalue weighted by molar-refractivity contribution is 6.11. The average Bonchev–Trinajstić information content (AvgIpc) is 2.94. The number of nitrogens with zero attached hydrogens (tertiary/aromatic N) is 1. The number of carbonyl (C=O) groups excluding carboxylic acids is 2. The number of amides is 1. The number of aromatic nitrogens is 1. The van der Waals surface area contributed by atoms with Gasteiger partial charge in [-0.05, 0) is 31.5 Å². The van der Waals surface area contributed by atoms with E-state index in [2.05, 4.69) is 5.32 Å². The highest BCUT2D eigenvalue weighted by Crippen LogP contribution is 2.28. The summed E-state index contributed by atoms with van der Waals surface area (Å²) < 4.78 is 39.9. The van der Waals surface area contributed by atoms with Crippen molar-refractivity contribution in [3.8, 4) is 0 Å². The van der Waals surface area contributed by atoms with Crippen LogP contribution in [0.3, 0.4) is 0 Å². The summed E-state index contributed by atoms with van der Waals surface area (Å²) in [6.45, 7) is 3.58. The molecule has 0 spiro atoms. The zero-order valence-corrected chi connectivity index (χ0v) is 14.7. The van der Waals surface area contributed by atoms with Crippen molar-refractivity contribution < 1.29 is 22.8 Å². The van der Waals surface area contributed by atoms with Crippen molar-refractivity contribution in [2.75, 3.05) is 5.32 Å². The number of carbonyl (C=O) groups is 2. The molecule has 1 amide bonds. The molecule has 1 heterocycles. The molecule has 0 radical (unpaired) electrons. The van der Waals surface area contributed by atoms with Crippen LogP contribution in [0.4, 0.5) is 18.9 Å². The van der Waals surface area contributed by atoms with E-state index in [1.165, 1.54) is 10.6 Å². The van der Waals surface area contributed by atoms with Crippen LogP contribution in [-0.2, 0) is 11.3 Å². The normalized spacial score (nSPS) is 11.6. The van der Waals surface area contributed by atoms with E-state index in [-0.39, 0.29) is 11.9 Å². The first-order chi connectivity index (χ1) is 12.7. The van der Waals surface area contributed by atoms with Gasteiger partial charge in [-0.3, -0.25) is 9.59 Å². The summed E-state index contributed by atoms with van der Waals surface area (Å²) in [5.41, 5.74) is 2.50. The number of fused-ring (bicyclic) bond motifs is 1. The predicted octanol–water partition coefficient (Wildman–Crippen LogP) is 4.64. The molecule has 7 heteroatoms. The van der Waals surface area contributed by atoms with Gasteiger partial charge in [-0.15, -0.1) is 0 Å². The van der Waals surface area contributed by atoms with Gasteiger partial charge in [0.25, 0.3) is 5.78 Å². The van der Waals surface area contributed by atoms with Gasteiger partial charge in [0.05, 0.1) is 5.56 Å². The van der Waals surface area contributed by atoms with Gasteiger partial charge in [0.2, 0.25) is 5.91 Å². The fourth-order valence-electron chi connectivity index (χ4n) is 3.01. The van der Waals surface area contributed by atoms with Gasteiger partial charge < -0.3 is 9.88 Å². The first-order valence-corrected chi connectivity index (χ1v) is 8.23. The lowest BCUT2D eigenvalue weighted by atomic mass is 10.1. The number of hydrogen-bond acceptors (Lipinski definition) is 2. The summed E-state index contributed by atoms with van der Waals surface area (Å²) in [5, 5.41) is 2.92. The number of ketones is 1. The fourth-order valence-corrected chi connectivity index (χ4v) is 3.01. The van der Waals surface area contributed by atoms with E-state index in [4.69, 9.17) is 0 Å². The second kappa shape index (κ2) is 6.90. The number of rotatable bonds is 4. The Morgan fingerprint density at radius 3 is 2.44 bits per heavy atom. The van der Waals surface area contributed by atoms with Crippen LogP contribution in [0.5, 0.6) is 0 Å². The Morgan fingerprint density at radius 1 is 1.07 bits per heavy atom. The number of benzene rings is 2. The van der Waals surface area contributed by atoms with Crippen LogP contribution in [0.25, 0.3) is 10.9 Å². The van der Waals surface area contributed by atoms with Crippen molar-refractivity contribution >= 4 is 28.3 Å². The van der Waals surface area contributed by atoms with Crippen molar-refractivity contribution in [1.29, 1.82) is 0 Å². The Labute approximate surface area is 153 Å². The Bertz CT molecular complexity index is 1040. The summed E-state index contributed by atoms with van der Waals surface area (Å²) >= 11 is 0. The van der Waals surface area contributed by atoms with E-state index >= 15 is 0 Å². The van der Waals surface area contributed by atoms with Crippen molar-refractivity contribution in [3.63, 3.8) is 0 Å². The zero-order chi connectivity index (χ0) is 19.8. The minimum absolute atomic E-state index is 0.166. The Hall–Kier alpha value is -3.09. The van der Waals surface area contributed by atoms with E-state index in [9.17, 15) is 22.8 Å². The van der Waals surface area contributed by atoms with Crippen molar-refractivity contribution in [3.05, 3.63) is 65.4 Å². The molecule has 3 aromatic rings. The lowest BCUT2D eigenvalue weighted by Crippen LogP contribution is -2.22. The lowest BCUT2D eigenvalue weighted by molar-refractivity contribution is -0.116. The zero-order valence-electron chi connectivity index (χ0n) is 14.7. The standard InChI is InChI=1S/C20H17F3N2O2/c1-12-7-8-16(13(2)9-12)24-18(26)11-25-10-15(19(27)20(21,22)23)14-5-3-4-6-17(14)25/h3-10H,11H2,1-2H3,(H,24,26). The molecule has 2 aromatic carbocycles. The second-order valence-corrected chi connectivity index (χ2v) is 6.38. The van der Waals surface area contributed by atoms with Crippen LogP contribution in [-0.4, -0.2) is 22.4 Å². The summed E-state index contributed by atoms with van der Waals surface area (Å²) in [7, 11) is 0. The fraction of sp³-hybridized carbons (Fsp3) is 0.200. The third-order valence-corrected chi connectivity index (χ3v) is 4.26. The Morgan fingerprint density at radius 2 is 1.78 bits per heavy atom. The molecule has 0 aliphatic rings. The molecule has 0 bridgehead atoms. The molecular formula is C20H17F3N2O2. The van der Waals surface area contributed by atoms with Gasteiger partial charge in [0.1, 0.15) is 6.54 Å². The van der Waals surface area contributed by atoms with Crippen LogP contribution in [0.1, 0.15) is 21.5 Å². The molecule has 0 aliphatic carbocycles. The maximum absolute atomic E-state index is 12.9. The van der Waals surface area contributed by atoms with E-state index in [1.807, 2.05) is 26.0 Å². The smallest absolute Gasteiger partial charge is 0.337 e. The van der Waals surface area contributed by atoms with Crippen LogP contribution < -0.4 is 5.32 Å². The molecule has 1 aromatic heterocycles. The van der Waals surface area contributed by atoms with Gasteiger partial charge in [-0.1, -0.05) is 35.9 Å². The topological polar surface area (TPSA) is 51.1 Å². The summed E-state index contributed by atoms with van der Waals surface area (Å²) in [4.78, 5) is 24.1. The predicted molar refractivity (Wildman–Crippen MR) is 96.9 cm³/mol. The van der Waals surface area contributed by atoms with E-state index in [0.717, 1.165) is 17.3 Å². The second-order valence-electron chi connectivity index (χ2n) is 6.38. The number of nitrogens with one attached hydrogen (secondary N) is 1. The SMILES string of the molecule is Cc1ccc(NC(=O)Cn2cc(C(=O)C(F)(F)F)c3ccccc32)c(C)c1. The molecule has 27 heavy (non-hydrogen) atoms. The number of Topliss-reactive ketones (excluding diaryl/α,β-unsaturated/α-hetero) is 1. The quantitative estimate of drug-likeness (QED) is 0.677. The number of alkyl halides is 3. The largest absolute Gasteiger partial charge is 0.454 e. The van der Waals surface area contributed by atoms with Crippen LogP contribution in [0.15, 0.2) is 48.7 Å². The Balaban J connectivity index is 1.91. The summed E-state index contributed by atoms with van der Waals surface area (Å²) in [6, 6.07) is 11.8. The molecule has 4 nitrogen and oxygen atoms in total. The monoisotopic (exact) mass is 374 g/mol. The minimum Gasteiger partial charge on any atom is -0.337 e. The molecule has 0 unspecified atom stereocenters. The number of aryl methyl sites for hydroxylation is 2. The molecule has 0 saturated heterocycles. The number of hydrogen-bond donors (Lipinski definition) is 1. The third kappa shape index (κ3) is 3.86. The molecule has 0 fully saturated rings. The van der Waals surface area contributed by atoms with E-state index in [0.29, 0.717) is 11.2 Å².